The van der Waals surface area contributed by atoms with E-state index in [1.165, 1.54) is 19.1 Å². The Kier molecular flexibility index (Phi) is 6.33. The number of quaternary nitrogens is 1. The first-order valence-electron chi connectivity index (χ1n) is 6.95. The second kappa shape index (κ2) is 7.75. The lowest BCUT2D eigenvalue weighted by molar-refractivity contribution is -1.10. The minimum absolute atomic E-state index is 0.0887. The number of benzene rings is 1. The quantitative estimate of drug-likeness (QED) is 0.361. The van der Waals surface area contributed by atoms with E-state index in [2.05, 4.69) is 0 Å². The molecule has 6 heteroatoms. The molecule has 0 fully saturated rings. The Morgan fingerprint density at radius 2 is 1.81 bits per heavy atom. The Hall–Kier alpha value is -1.92. The maximum atomic E-state index is 12.0. The van der Waals surface area contributed by atoms with Gasteiger partial charge in [0.25, 0.3) is 0 Å². The molecule has 0 aliphatic carbocycles. The lowest BCUT2D eigenvalue weighted by Gasteiger charge is -2.27. The fraction of sp³-hybridized carbons (Fsp3) is 0.467. The zero-order valence-electron chi connectivity index (χ0n) is 12.7. The van der Waals surface area contributed by atoms with Gasteiger partial charge < -0.3 is 9.47 Å². The number of para-hydroxylation sites is 1. The number of hydrogen-bond acceptors (Lipinski definition) is 5. The maximum Gasteiger partial charge on any atom is 0.342 e. The Labute approximate surface area is 124 Å². The summed E-state index contributed by atoms with van der Waals surface area (Å²) in [4.78, 5) is 23.0. The number of rotatable bonds is 7. The van der Waals surface area contributed by atoms with Crippen molar-refractivity contribution in [1.82, 2.24) is 0 Å². The highest BCUT2D eigenvalue weighted by Crippen LogP contribution is 2.19. The normalized spacial score (nSPS) is 11.0. The molecule has 0 heterocycles. The molecule has 1 aromatic rings. The molecular formula is C15H22NO5+. The molecule has 0 atom stereocenters. The van der Waals surface area contributed by atoms with Crippen LogP contribution in [-0.2, 0) is 9.53 Å². The third-order valence-electron chi connectivity index (χ3n) is 3.28. The Bertz CT molecular complexity index is 497. The first kappa shape index (κ1) is 17.1. The van der Waals surface area contributed by atoms with Crippen LogP contribution in [0.5, 0.6) is 5.75 Å². The SMILES string of the molecule is CC[N+](O)(CC)CCOC(=O)c1ccccc1OC(C)=O. The van der Waals surface area contributed by atoms with E-state index < -0.39 is 11.9 Å². The molecule has 0 aromatic heterocycles. The molecule has 116 valence electrons. The maximum absolute atomic E-state index is 12.0. The molecule has 0 aliphatic rings. The highest BCUT2D eigenvalue weighted by molar-refractivity contribution is 5.93. The van der Waals surface area contributed by atoms with Crippen molar-refractivity contribution in [2.75, 3.05) is 26.2 Å². The summed E-state index contributed by atoms with van der Waals surface area (Å²) in [6.45, 7) is 6.47. The van der Waals surface area contributed by atoms with Gasteiger partial charge in [-0.25, -0.2) is 10.0 Å². The summed E-state index contributed by atoms with van der Waals surface area (Å²) in [5, 5.41) is 10.1. The van der Waals surface area contributed by atoms with Crippen LogP contribution in [0.1, 0.15) is 31.1 Å². The minimum Gasteiger partial charge on any atom is -0.456 e. The fourth-order valence-corrected chi connectivity index (χ4v) is 1.80. The molecule has 0 bridgehead atoms. The van der Waals surface area contributed by atoms with Gasteiger partial charge in [-0.3, -0.25) is 4.79 Å². The Morgan fingerprint density at radius 3 is 2.38 bits per heavy atom. The zero-order chi connectivity index (χ0) is 15.9. The highest BCUT2D eigenvalue weighted by atomic mass is 16.6. The first-order valence-corrected chi connectivity index (χ1v) is 6.95. The Balaban J connectivity index is 2.66. The number of esters is 2. The van der Waals surface area contributed by atoms with E-state index >= 15 is 0 Å². The molecule has 0 saturated heterocycles. The Morgan fingerprint density at radius 1 is 1.19 bits per heavy atom. The summed E-state index contributed by atoms with van der Waals surface area (Å²) in [5.74, 6) is -0.908. The molecule has 1 N–H and O–H groups in total. The summed E-state index contributed by atoms with van der Waals surface area (Å²) in [5.41, 5.74) is 0.191. The van der Waals surface area contributed by atoms with Crippen LogP contribution in [-0.4, -0.2) is 48.0 Å². The standard InChI is InChI=1S/C15H22NO5/c1-4-16(19,5-2)10-11-20-15(18)13-8-6-7-9-14(13)21-12(3)17/h6-9,19H,4-5,10-11H2,1-3H3/q+1. The van der Waals surface area contributed by atoms with Crippen LogP contribution in [0.3, 0.4) is 0 Å². The molecule has 0 spiro atoms. The molecule has 6 nitrogen and oxygen atoms in total. The first-order chi connectivity index (χ1) is 9.91. The smallest absolute Gasteiger partial charge is 0.342 e. The van der Waals surface area contributed by atoms with Crippen LogP contribution in [0.15, 0.2) is 24.3 Å². The number of carbonyl (C=O) groups is 2. The monoisotopic (exact) mass is 296 g/mol. The lowest BCUT2D eigenvalue weighted by Crippen LogP contribution is -2.46. The van der Waals surface area contributed by atoms with Gasteiger partial charge in [0, 0.05) is 6.92 Å². The summed E-state index contributed by atoms with van der Waals surface area (Å²) in [6, 6.07) is 6.39. The molecule has 0 radical (unpaired) electrons. The zero-order valence-corrected chi connectivity index (χ0v) is 12.7. The van der Waals surface area contributed by atoms with Gasteiger partial charge in [0.05, 0.1) is 0 Å². The minimum atomic E-state index is -0.578. The van der Waals surface area contributed by atoms with Crippen molar-refractivity contribution in [3.05, 3.63) is 29.8 Å². The average molecular weight is 296 g/mol. The number of carbonyl (C=O) groups excluding carboxylic acids is 2. The summed E-state index contributed by atoms with van der Waals surface area (Å²) in [7, 11) is 0. The van der Waals surface area contributed by atoms with Gasteiger partial charge in [0.2, 0.25) is 0 Å². The largest absolute Gasteiger partial charge is 0.456 e. The number of likely N-dealkylation sites (N-methyl/N-ethyl adjacent to an activating group) is 1. The van der Waals surface area contributed by atoms with Gasteiger partial charge in [0.1, 0.15) is 37.6 Å². The lowest BCUT2D eigenvalue weighted by atomic mass is 10.2. The van der Waals surface area contributed by atoms with Crippen LogP contribution in [0.2, 0.25) is 0 Å². The van der Waals surface area contributed by atoms with Gasteiger partial charge in [-0.15, -0.1) is 0 Å². The van der Waals surface area contributed by atoms with Gasteiger partial charge in [-0.05, 0) is 26.0 Å². The van der Waals surface area contributed by atoms with E-state index in [0.29, 0.717) is 19.6 Å². The summed E-state index contributed by atoms with van der Waals surface area (Å²) >= 11 is 0. The van der Waals surface area contributed by atoms with Crippen molar-refractivity contribution in [2.45, 2.75) is 20.8 Å². The summed E-state index contributed by atoms with van der Waals surface area (Å²) in [6.07, 6.45) is 0. The molecular weight excluding hydrogens is 274 g/mol. The van der Waals surface area contributed by atoms with Crippen molar-refractivity contribution in [3.63, 3.8) is 0 Å². The van der Waals surface area contributed by atoms with E-state index in [-0.39, 0.29) is 22.6 Å². The molecule has 0 saturated carbocycles. The van der Waals surface area contributed by atoms with Gasteiger partial charge in [-0.1, -0.05) is 12.1 Å². The topological polar surface area (TPSA) is 72.8 Å². The molecule has 0 unspecified atom stereocenters. The van der Waals surface area contributed by atoms with Crippen molar-refractivity contribution >= 4 is 11.9 Å². The van der Waals surface area contributed by atoms with E-state index in [1.807, 2.05) is 13.8 Å². The van der Waals surface area contributed by atoms with Crippen LogP contribution in [0.25, 0.3) is 0 Å². The van der Waals surface area contributed by atoms with Crippen molar-refractivity contribution < 1.29 is 28.9 Å². The van der Waals surface area contributed by atoms with Crippen LogP contribution in [0.4, 0.5) is 0 Å². The number of hydroxylamine groups is 3. The molecule has 1 rings (SSSR count). The molecule has 0 aliphatic heterocycles. The van der Waals surface area contributed by atoms with E-state index in [9.17, 15) is 14.8 Å². The highest BCUT2D eigenvalue weighted by Gasteiger charge is 2.22. The predicted molar refractivity (Wildman–Crippen MR) is 76.0 cm³/mol. The van der Waals surface area contributed by atoms with Gasteiger partial charge in [0.15, 0.2) is 0 Å². The molecule has 1 aromatic carbocycles. The van der Waals surface area contributed by atoms with Gasteiger partial charge >= 0.3 is 11.9 Å². The average Bonchev–Trinajstić information content (AvgIpc) is 2.46. The number of ether oxygens (including phenoxy) is 2. The third-order valence-corrected chi connectivity index (χ3v) is 3.28. The van der Waals surface area contributed by atoms with Crippen molar-refractivity contribution in [2.24, 2.45) is 0 Å². The van der Waals surface area contributed by atoms with Crippen LogP contribution >= 0.6 is 0 Å². The van der Waals surface area contributed by atoms with Crippen LogP contribution in [0, 0.1) is 0 Å². The second-order valence-electron chi connectivity index (χ2n) is 4.68. The van der Waals surface area contributed by atoms with Crippen LogP contribution < -0.4 is 4.74 Å². The van der Waals surface area contributed by atoms with E-state index in [0.717, 1.165) is 0 Å². The summed E-state index contributed by atoms with van der Waals surface area (Å²) < 4.78 is 9.95. The fourth-order valence-electron chi connectivity index (χ4n) is 1.80. The van der Waals surface area contributed by atoms with Crippen molar-refractivity contribution in [3.8, 4) is 5.75 Å². The second-order valence-corrected chi connectivity index (χ2v) is 4.68. The number of hydrogen-bond donors (Lipinski definition) is 1. The van der Waals surface area contributed by atoms with E-state index in [1.54, 1.807) is 12.1 Å². The molecule has 21 heavy (non-hydrogen) atoms. The van der Waals surface area contributed by atoms with Crippen molar-refractivity contribution in [1.29, 1.82) is 0 Å². The predicted octanol–water partition coefficient (Wildman–Crippen LogP) is 2.01. The molecule has 0 amide bonds. The third kappa shape index (κ3) is 5.17. The number of nitrogens with zero attached hydrogens (tertiary/aromatic N) is 1. The van der Waals surface area contributed by atoms with E-state index in [4.69, 9.17) is 9.47 Å². The van der Waals surface area contributed by atoms with Gasteiger partial charge in [-0.2, -0.15) is 4.65 Å².